The van der Waals surface area contributed by atoms with E-state index in [1.807, 2.05) is 32.0 Å². The number of hydrogen-bond acceptors (Lipinski definition) is 8. The second-order valence-electron chi connectivity index (χ2n) is 9.55. The molecule has 186 valence electrons. The predicted octanol–water partition coefficient (Wildman–Crippen LogP) is 4.02. The molecule has 2 aromatic rings. The topological polar surface area (TPSA) is 121 Å². The number of piperidine rings is 1. The summed E-state index contributed by atoms with van der Waals surface area (Å²) >= 11 is 0. The van der Waals surface area contributed by atoms with E-state index in [0.29, 0.717) is 50.5 Å². The van der Waals surface area contributed by atoms with E-state index in [9.17, 15) is 8.42 Å². The van der Waals surface area contributed by atoms with Gasteiger partial charge in [-0.1, -0.05) is 17.3 Å². The average molecular weight is 490 g/mol. The number of anilines is 1. The molecule has 1 aromatic carbocycles. The van der Waals surface area contributed by atoms with Crippen molar-refractivity contribution in [2.24, 2.45) is 0 Å². The molecule has 2 fully saturated rings. The van der Waals surface area contributed by atoms with E-state index in [4.69, 9.17) is 14.7 Å². The van der Waals surface area contributed by atoms with E-state index in [2.05, 4.69) is 15.5 Å². The van der Waals surface area contributed by atoms with Gasteiger partial charge in [-0.05, 0) is 58.4 Å². The molecule has 9 nitrogen and oxygen atoms in total. The minimum atomic E-state index is -3.30. The van der Waals surface area contributed by atoms with Crippen LogP contribution in [0.4, 0.5) is 5.69 Å². The summed E-state index contributed by atoms with van der Waals surface area (Å²) in [4.78, 5) is 4.63. The summed E-state index contributed by atoms with van der Waals surface area (Å²) in [5.74, 6) is 1.11. The quantitative estimate of drug-likeness (QED) is 0.537. The highest BCUT2D eigenvalue weighted by atomic mass is 32.2. The third-order valence-corrected chi connectivity index (χ3v) is 9.29. The molecule has 1 aliphatic heterocycles. The Morgan fingerprint density at radius 3 is 2.50 bits per heavy atom. The van der Waals surface area contributed by atoms with Gasteiger partial charge >= 0.3 is 0 Å². The molecule has 2 heterocycles. The number of benzene rings is 1. The number of sulfonamides is 1. The molecule has 2 N–H and O–H groups in total. The van der Waals surface area contributed by atoms with Gasteiger partial charge in [-0.25, -0.2) is 12.7 Å². The van der Waals surface area contributed by atoms with Crippen molar-refractivity contribution in [3.05, 3.63) is 29.7 Å². The second-order valence-corrected chi connectivity index (χ2v) is 11.8. The smallest absolute Gasteiger partial charge is 0.230 e. The van der Waals surface area contributed by atoms with Gasteiger partial charge in [-0.3, -0.25) is 0 Å². The summed E-state index contributed by atoms with van der Waals surface area (Å²) < 4.78 is 38.9. The van der Waals surface area contributed by atoms with Gasteiger partial charge in [0, 0.05) is 55.2 Å². The van der Waals surface area contributed by atoms with Crippen molar-refractivity contribution in [2.75, 3.05) is 25.5 Å². The first-order valence-electron chi connectivity index (χ1n) is 12.1. The predicted molar refractivity (Wildman–Crippen MR) is 132 cm³/mol. The Morgan fingerprint density at radius 1 is 1.18 bits per heavy atom. The van der Waals surface area contributed by atoms with Gasteiger partial charge in [0.05, 0.1) is 11.4 Å². The Hall–Kier alpha value is -2.30. The normalized spacial score (nSPS) is 22.7. The molecule has 0 unspecified atom stereocenters. The molecule has 0 atom stereocenters. The second kappa shape index (κ2) is 10.5. The molecule has 0 bridgehead atoms. The highest BCUT2D eigenvalue weighted by molar-refractivity contribution is 7.89. The van der Waals surface area contributed by atoms with Crippen molar-refractivity contribution in [1.29, 1.82) is 5.41 Å². The van der Waals surface area contributed by atoms with Crippen LogP contribution in [0.2, 0.25) is 0 Å². The Bertz CT molecular complexity index is 1080. The first-order valence-corrected chi connectivity index (χ1v) is 13.6. The number of hydrogen-bond donors (Lipinski definition) is 2. The fourth-order valence-electron chi connectivity index (χ4n) is 4.91. The Balaban J connectivity index is 1.40. The summed E-state index contributed by atoms with van der Waals surface area (Å²) in [5.41, 5.74) is 2.47. The first kappa shape index (κ1) is 24.8. The number of nitrogens with one attached hydrogen (secondary N) is 2. The summed E-state index contributed by atoms with van der Waals surface area (Å²) in [7, 11) is -1.60. The van der Waals surface area contributed by atoms with Crippen molar-refractivity contribution in [3.8, 4) is 11.4 Å². The van der Waals surface area contributed by atoms with Crippen molar-refractivity contribution in [2.45, 2.75) is 75.7 Å². The van der Waals surface area contributed by atoms with E-state index < -0.39 is 10.0 Å². The number of ether oxygens (including phenoxy) is 1. The number of nitrogens with zero attached hydrogens (tertiary/aromatic N) is 3. The van der Waals surface area contributed by atoms with Crippen LogP contribution in [0.15, 0.2) is 22.7 Å². The highest BCUT2D eigenvalue weighted by Crippen LogP contribution is 2.34. The zero-order chi connectivity index (χ0) is 24.3. The Kier molecular flexibility index (Phi) is 7.69. The number of aromatic nitrogens is 2. The molecule has 2 aliphatic rings. The van der Waals surface area contributed by atoms with Crippen LogP contribution < -0.4 is 5.32 Å². The fourth-order valence-corrected chi connectivity index (χ4v) is 6.92. The van der Waals surface area contributed by atoms with Gasteiger partial charge in [0.25, 0.3) is 0 Å². The SMILES string of the molecule is COC1CCC(S(=O)(=O)N2CCC(c3nc(-c4ccc(C=N)c(NC(C)C)c4)no3)CC2)CC1. The number of rotatable bonds is 8. The van der Waals surface area contributed by atoms with Crippen LogP contribution >= 0.6 is 0 Å². The van der Waals surface area contributed by atoms with Crippen LogP contribution in [0.1, 0.15) is 69.7 Å². The summed E-state index contributed by atoms with van der Waals surface area (Å²) in [6.45, 7) is 5.05. The fraction of sp³-hybridized carbons (Fsp3) is 0.625. The molecule has 1 aromatic heterocycles. The van der Waals surface area contributed by atoms with Gasteiger partial charge in [0.2, 0.25) is 21.7 Å². The standard InChI is InChI=1S/C24H35N5O4S/c1-16(2)26-22-14-18(4-5-19(22)15-25)23-27-24(33-28-23)17-10-12-29(13-11-17)34(30,31)21-8-6-20(32-3)7-9-21/h4-5,14-17,20-21,25-26H,6-13H2,1-3H3. The van der Waals surface area contributed by atoms with Crippen LogP contribution in [-0.4, -0.2) is 66.7 Å². The zero-order valence-electron chi connectivity index (χ0n) is 20.2. The zero-order valence-corrected chi connectivity index (χ0v) is 21.0. The molecule has 0 radical (unpaired) electrons. The van der Waals surface area contributed by atoms with Crippen molar-refractivity contribution in [3.63, 3.8) is 0 Å². The van der Waals surface area contributed by atoms with Crippen LogP contribution in [-0.2, 0) is 14.8 Å². The highest BCUT2D eigenvalue weighted by Gasteiger charge is 2.38. The van der Waals surface area contributed by atoms with Crippen molar-refractivity contribution in [1.82, 2.24) is 14.4 Å². The third kappa shape index (κ3) is 5.34. The monoisotopic (exact) mass is 489 g/mol. The molecule has 4 rings (SSSR count). The lowest BCUT2D eigenvalue weighted by Gasteiger charge is -2.35. The summed E-state index contributed by atoms with van der Waals surface area (Å²) in [5, 5.41) is 14.8. The van der Waals surface area contributed by atoms with E-state index in [1.54, 1.807) is 11.4 Å². The molecule has 34 heavy (non-hydrogen) atoms. The lowest BCUT2D eigenvalue weighted by atomic mass is 9.97. The van der Waals surface area contributed by atoms with Crippen molar-refractivity contribution >= 4 is 21.9 Å². The minimum absolute atomic E-state index is 0.0473. The molecular formula is C24H35N5O4S. The summed E-state index contributed by atoms with van der Waals surface area (Å²) in [6, 6.07) is 5.91. The lowest BCUT2D eigenvalue weighted by molar-refractivity contribution is 0.0712. The van der Waals surface area contributed by atoms with E-state index >= 15 is 0 Å². The average Bonchev–Trinajstić information content (AvgIpc) is 3.34. The van der Waals surface area contributed by atoms with Gasteiger partial charge in [-0.15, -0.1) is 0 Å². The van der Waals surface area contributed by atoms with Gasteiger partial charge in [0.15, 0.2) is 0 Å². The molecule has 10 heteroatoms. The van der Waals surface area contributed by atoms with Gasteiger partial charge in [0.1, 0.15) is 0 Å². The lowest BCUT2D eigenvalue weighted by Crippen LogP contribution is -2.44. The van der Waals surface area contributed by atoms with Crippen LogP contribution in [0.3, 0.4) is 0 Å². The van der Waals surface area contributed by atoms with Crippen LogP contribution in [0, 0.1) is 5.41 Å². The maximum absolute atomic E-state index is 13.1. The molecule has 1 saturated carbocycles. The Labute approximate surface area is 201 Å². The van der Waals surface area contributed by atoms with Gasteiger partial charge < -0.3 is 20.0 Å². The largest absolute Gasteiger partial charge is 0.382 e. The number of methoxy groups -OCH3 is 1. The molecule has 0 amide bonds. The molecular weight excluding hydrogens is 454 g/mol. The van der Waals surface area contributed by atoms with E-state index in [1.165, 1.54) is 6.21 Å². The first-order chi connectivity index (χ1) is 16.3. The third-order valence-electron chi connectivity index (χ3n) is 6.89. The van der Waals surface area contributed by atoms with E-state index in [-0.39, 0.29) is 23.3 Å². The Morgan fingerprint density at radius 2 is 1.88 bits per heavy atom. The van der Waals surface area contributed by atoms with Crippen LogP contribution in [0.5, 0.6) is 0 Å². The van der Waals surface area contributed by atoms with Crippen molar-refractivity contribution < 1.29 is 17.7 Å². The van der Waals surface area contributed by atoms with Crippen LogP contribution in [0.25, 0.3) is 11.4 Å². The molecule has 1 aliphatic carbocycles. The minimum Gasteiger partial charge on any atom is -0.382 e. The molecule has 0 spiro atoms. The summed E-state index contributed by atoms with van der Waals surface area (Å²) in [6.07, 6.45) is 5.77. The van der Waals surface area contributed by atoms with E-state index in [0.717, 1.165) is 29.7 Å². The maximum atomic E-state index is 13.1. The van der Waals surface area contributed by atoms with Gasteiger partial charge in [-0.2, -0.15) is 4.98 Å². The maximum Gasteiger partial charge on any atom is 0.230 e. The molecule has 1 saturated heterocycles.